The Morgan fingerprint density at radius 1 is 1.43 bits per heavy atom. The number of nitrogens with zero attached hydrogens (tertiary/aromatic N) is 3. The van der Waals surface area contributed by atoms with Crippen LogP contribution < -0.4 is 4.67 Å². The molecule has 14 heavy (non-hydrogen) atoms. The van der Waals surface area contributed by atoms with E-state index >= 15 is 0 Å². The highest BCUT2D eigenvalue weighted by molar-refractivity contribution is 9.10. The third-order valence-corrected chi connectivity index (χ3v) is 3.94. The van der Waals surface area contributed by atoms with Crippen LogP contribution in [0, 0.1) is 0 Å². The lowest BCUT2D eigenvalue weighted by atomic mass is 10.5. The van der Waals surface area contributed by atoms with E-state index in [2.05, 4.69) is 30.3 Å². The van der Waals surface area contributed by atoms with E-state index in [1.165, 1.54) is 20.9 Å². The van der Waals surface area contributed by atoms with Gasteiger partial charge in [0, 0.05) is 10.5 Å². The van der Waals surface area contributed by atoms with Crippen LogP contribution in [-0.4, -0.2) is 9.36 Å². The molecule has 0 aliphatic carbocycles. The zero-order valence-corrected chi connectivity index (χ0v) is 10.6. The maximum absolute atomic E-state index is 5.81. The molecule has 2 aromatic heterocycles. The molecule has 0 aromatic carbocycles. The van der Waals surface area contributed by atoms with Gasteiger partial charge in [0.25, 0.3) is 0 Å². The van der Waals surface area contributed by atoms with Gasteiger partial charge in [-0.05, 0) is 38.4 Å². The van der Waals surface area contributed by atoms with Crippen LogP contribution in [0.5, 0.6) is 0 Å². The smallest absolute Gasteiger partial charge is 0.179 e. The van der Waals surface area contributed by atoms with Crippen LogP contribution in [0.3, 0.4) is 0 Å². The Bertz CT molecular complexity index is 507. The average molecular weight is 309 g/mol. The molecule has 2 heterocycles. The van der Waals surface area contributed by atoms with Crippen LogP contribution >= 0.6 is 48.4 Å². The summed E-state index contributed by atoms with van der Waals surface area (Å²) in [6.45, 7) is 0. The summed E-state index contributed by atoms with van der Waals surface area (Å²) in [5.74, 6) is 0.623. The van der Waals surface area contributed by atoms with E-state index in [0.717, 1.165) is 4.60 Å². The molecular weight excluding hydrogens is 306 g/mol. The van der Waals surface area contributed by atoms with Crippen molar-refractivity contribution < 1.29 is 0 Å². The lowest BCUT2D eigenvalue weighted by Crippen LogP contribution is -1.93. The highest BCUT2D eigenvalue weighted by atomic mass is 79.9. The predicted octanol–water partition coefficient (Wildman–Crippen LogP) is 3.25. The first-order chi connectivity index (χ1) is 6.75. The Hall–Kier alpha value is -0.300. The minimum Gasteiger partial charge on any atom is -0.222 e. The van der Waals surface area contributed by atoms with E-state index in [-0.39, 0.29) is 0 Å². The Balaban J connectivity index is 2.49. The quantitative estimate of drug-likeness (QED) is 0.599. The zero-order valence-electron chi connectivity index (χ0n) is 6.65. The van der Waals surface area contributed by atoms with E-state index in [9.17, 15) is 0 Å². The van der Waals surface area contributed by atoms with Crippen LogP contribution in [-0.2, 0) is 0 Å². The summed E-state index contributed by atoms with van der Waals surface area (Å²) < 4.78 is 5.38. The van der Waals surface area contributed by atoms with Crippen molar-refractivity contribution >= 4 is 54.2 Å². The minimum absolute atomic E-state index is 0.432. The zero-order chi connectivity index (χ0) is 9.97. The standard InChI is InChI=1S/C7H3BrClN3S2/c8-4-2-1-3-5(10-4)11-7-6(9)12-14-13-7/h1-3H. The van der Waals surface area contributed by atoms with Crippen LogP contribution in [0.25, 0.3) is 0 Å². The second-order valence-corrected chi connectivity index (χ2v) is 5.28. The van der Waals surface area contributed by atoms with Gasteiger partial charge in [-0.3, -0.25) is 0 Å². The molecule has 0 radical (unpaired) electrons. The molecule has 0 N–H and O–H groups in total. The highest BCUT2D eigenvalue weighted by Crippen LogP contribution is 2.14. The molecule has 0 amide bonds. The second-order valence-electron chi connectivity index (χ2n) is 2.28. The van der Waals surface area contributed by atoms with Crippen LogP contribution in [0.15, 0.2) is 27.8 Å². The number of pyridine rings is 1. The van der Waals surface area contributed by atoms with Gasteiger partial charge < -0.3 is 0 Å². The molecular formula is C7H3BrClN3S2. The number of hydrogen-bond acceptors (Lipinski definition) is 5. The summed E-state index contributed by atoms with van der Waals surface area (Å²) in [7, 11) is 2.74. The molecule has 0 atom stereocenters. The molecule has 0 spiro atoms. The summed E-state index contributed by atoms with van der Waals surface area (Å²) in [6.07, 6.45) is 0. The van der Waals surface area contributed by atoms with Gasteiger partial charge >= 0.3 is 0 Å². The highest BCUT2D eigenvalue weighted by Gasteiger charge is 1.98. The van der Waals surface area contributed by atoms with Crippen molar-refractivity contribution in [3.63, 3.8) is 0 Å². The Labute approximate surface area is 101 Å². The molecule has 0 aliphatic rings. The lowest BCUT2D eigenvalue weighted by molar-refractivity contribution is 1.20. The fourth-order valence-corrected chi connectivity index (χ4v) is 3.10. The molecule has 0 unspecified atom stereocenters. The average Bonchev–Trinajstić information content (AvgIpc) is 2.52. The first-order valence-electron chi connectivity index (χ1n) is 3.54. The summed E-state index contributed by atoms with van der Waals surface area (Å²) in [5, 5.41) is 0.432. The van der Waals surface area contributed by atoms with E-state index in [1.54, 1.807) is 0 Å². The number of halogens is 2. The molecule has 7 heteroatoms. The number of aromatic nitrogens is 2. The number of rotatable bonds is 1. The molecule has 2 rings (SSSR count). The molecule has 0 bridgehead atoms. The van der Waals surface area contributed by atoms with Gasteiger partial charge in [0.05, 0.1) is 0 Å². The van der Waals surface area contributed by atoms with E-state index in [0.29, 0.717) is 15.6 Å². The monoisotopic (exact) mass is 307 g/mol. The van der Waals surface area contributed by atoms with Gasteiger partial charge in [-0.1, -0.05) is 17.7 Å². The topological polar surface area (TPSA) is 38.1 Å². The van der Waals surface area contributed by atoms with Crippen LogP contribution in [0.1, 0.15) is 0 Å². The van der Waals surface area contributed by atoms with Crippen LogP contribution in [0.2, 0.25) is 5.15 Å². The summed E-state index contributed by atoms with van der Waals surface area (Å²) in [6, 6.07) is 5.52. The third kappa shape index (κ3) is 2.38. The van der Waals surface area contributed by atoms with E-state index < -0.39 is 0 Å². The van der Waals surface area contributed by atoms with Gasteiger partial charge in [0.1, 0.15) is 4.60 Å². The Morgan fingerprint density at radius 3 is 2.93 bits per heavy atom. The van der Waals surface area contributed by atoms with Crippen molar-refractivity contribution in [2.75, 3.05) is 0 Å². The number of hydrogen-bond donors (Lipinski definition) is 0. The molecule has 72 valence electrons. The summed E-state index contributed by atoms with van der Waals surface area (Å²) in [4.78, 5) is 8.42. The first kappa shape index (κ1) is 10.2. The molecule has 3 nitrogen and oxygen atoms in total. The second kappa shape index (κ2) is 4.48. The molecule has 0 aliphatic heterocycles. The normalized spacial score (nSPS) is 12.0. The fourth-order valence-electron chi connectivity index (χ4n) is 0.789. The van der Waals surface area contributed by atoms with Gasteiger partial charge in [0.15, 0.2) is 15.6 Å². The molecule has 0 saturated heterocycles. The third-order valence-electron chi connectivity index (χ3n) is 1.33. The van der Waals surface area contributed by atoms with Gasteiger partial charge in [0.2, 0.25) is 0 Å². The largest absolute Gasteiger partial charge is 0.222 e. The molecule has 0 saturated carbocycles. The summed E-state index contributed by atoms with van der Waals surface area (Å²) >= 11 is 9.08. The van der Waals surface area contributed by atoms with Gasteiger partial charge in [-0.25, -0.2) is 9.98 Å². The van der Waals surface area contributed by atoms with E-state index in [4.69, 9.17) is 11.6 Å². The minimum atomic E-state index is 0.432. The van der Waals surface area contributed by atoms with Gasteiger partial charge in [-0.15, -0.1) is 0 Å². The van der Waals surface area contributed by atoms with Crippen molar-refractivity contribution in [1.29, 1.82) is 0 Å². The maximum Gasteiger partial charge on any atom is 0.179 e. The van der Waals surface area contributed by atoms with Crippen molar-refractivity contribution in [2.45, 2.75) is 0 Å². The van der Waals surface area contributed by atoms with Crippen molar-refractivity contribution in [1.82, 2.24) is 9.36 Å². The van der Waals surface area contributed by atoms with Crippen molar-refractivity contribution in [2.24, 2.45) is 4.99 Å². The predicted molar refractivity (Wildman–Crippen MR) is 62.2 cm³/mol. The van der Waals surface area contributed by atoms with E-state index in [1.807, 2.05) is 18.2 Å². The molecule has 0 fully saturated rings. The van der Waals surface area contributed by atoms with Gasteiger partial charge in [-0.2, -0.15) is 4.37 Å². The maximum atomic E-state index is 5.81. The SMILES string of the molecule is Clc1nssc1=Nc1cccc(Br)n1. The fraction of sp³-hybridized carbons (Fsp3) is 0. The Kier molecular flexibility index (Phi) is 3.27. The molecule has 2 aromatic rings. The lowest BCUT2D eigenvalue weighted by Gasteiger charge is -1.91. The van der Waals surface area contributed by atoms with Crippen LogP contribution in [0.4, 0.5) is 5.82 Å². The van der Waals surface area contributed by atoms with Crippen molar-refractivity contribution in [3.05, 3.63) is 32.6 Å². The first-order valence-corrected chi connectivity index (χ1v) is 6.82. The van der Waals surface area contributed by atoms with Crippen molar-refractivity contribution in [3.8, 4) is 0 Å². The Morgan fingerprint density at radius 2 is 2.29 bits per heavy atom. The summed E-state index contributed by atoms with van der Waals surface area (Å²) in [5.41, 5.74) is 0.